The minimum absolute atomic E-state index is 0.502. The number of nitrogens with two attached hydrogens (primary N) is 1. The van der Waals surface area contributed by atoms with Crippen molar-refractivity contribution in [3.63, 3.8) is 0 Å². The molecule has 0 aliphatic heterocycles. The molecular weight excluding hydrogens is 212 g/mol. The molecule has 2 rings (SSSR count). The Morgan fingerprint density at radius 1 is 1.59 bits per heavy atom. The first-order valence-electron chi connectivity index (χ1n) is 6.10. The van der Waals surface area contributed by atoms with Crippen molar-refractivity contribution in [2.45, 2.75) is 26.2 Å². The van der Waals surface area contributed by atoms with Crippen LogP contribution in [0.4, 0.5) is 11.5 Å². The maximum absolute atomic E-state index is 8.72. The van der Waals surface area contributed by atoms with Gasteiger partial charge in [0.15, 0.2) is 0 Å². The SMILES string of the molecule is CC1CCCC1CNc1ncc(C#N)cc1N. The third kappa shape index (κ3) is 2.68. The second kappa shape index (κ2) is 5.05. The van der Waals surface area contributed by atoms with Gasteiger partial charge in [-0.25, -0.2) is 4.98 Å². The highest BCUT2D eigenvalue weighted by Gasteiger charge is 2.23. The molecule has 4 heteroatoms. The van der Waals surface area contributed by atoms with Crippen LogP contribution >= 0.6 is 0 Å². The highest BCUT2D eigenvalue weighted by molar-refractivity contribution is 5.63. The van der Waals surface area contributed by atoms with E-state index in [9.17, 15) is 0 Å². The molecule has 3 N–H and O–H groups in total. The summed E-state index contributed by atoms with van der Waals surface area (Å²) in [4.78, 5) is 4.18. The van der Waals surface area contributed by atoms with Crippen LogP contribution in [0.3, 0.4) is 0 Å². The van der Waals surface area contributed by atoms with Gasteiger partial charge in [-0.2, -0.15) is 5.26 Å². The molecule has 1 heterocycles. The van der Waals surface area contributed by atoms with Crippen molar-refractivity contribution in [1.29, 1.82) is 5.26 Å². The van der Waals surface area contributed by atoms with E-state index in [0.717, 1.165) is 12.5 Å². The van der Waals surface area contributed by atoms with Gasteiger partial charge in [-0.05, 0) is 24.3 Å². The molecule has 4 nitrogen and oxygen atoms in total. The summed E-state index contributed by atoms with van der Waals surface area (Å²) in [5, 5.41) is 12.0. The van der Waals surface area contributed by atoms with Crippen LogP contribution in [-0.4, -0.2) is 11.5 Å². The summed E-state index contributed by atoms with van der Waals surface area (Å²) in [5.74, 6) is 2.19. The molecule has 0 radical (unpaired) electrons. The summed E-state index contributed by atoms with van der Waals surface area (Å²) in [7, 11) is 0. The minimum atomic E-state index is 0.502. The number of hydrogen-bond donors (Lipinski definition) is 2. The van der Waals surface area contributed by atoms with Gasteiger partial charge in [0.2, 0.25) is 0 Å². The average Bonchev–Trinajstić information content (AvgIpc) is 2.73. The Morgan fingerprint density at radius 3 is 3.00 bits per heavy atom. The number of nitrogen functional groups attached to an aromatic ring is 1. The van der Waals surface area contributed by atoms with Crippen molar-refractivity contribution in [3.8, 4) is 6.07 Å². The van der Waals surface area contributed by atoms with Gasteiger partial charge >= 0.3 is 0 Å². The fraction of sp³-hybridized carbons (Fsp3) is 0.538. The minimum Gasteiger partial charge on any atom is -0.396 e. The molecule has 0 amide bonds. The lowest BCUT2D eigenvalue weighted by atomic mass is 9.98. The molecule has 1 aliphatic rings. The Hall–Kier alpha value is -1.76. The van der Waals surface area contributed by atoms with E-state index < -0.39 is 0 Å². The first kappa shape index (κ1) is 11.7. The van der Waals surface area contributed by atoms with Gasteiger partial charge in [-0.1, -0.05) is 19.8 Å². The fourth-order valence-corrected chi connectivity index (χ4v) is 2.44. The normalized spacial score (nSPS) is 23.3. The number of anilines is 2. The van der Waals surface area contributed by atoms with E-state index in [4.69, 9.17) is 11.0 Å². The first-order chi connectivity index (χ1) is 8.20. The Balaban J connectivity index is 1.97. The number of pyridine rings is 1. The summed E-state index contributed by atoms with van der Waals surface area (Å²) < 4.78 is 0. The van der Waals surface area contributed by atoms with Gasteiger partial charge in [0, 0.05) is 12.7 Å². The molecule has 1 saturated carbocycles. The van der Waals surface area contributed by atoms with Crippen molar-refractivity contribution in [3.05, 3.63) is 17.8 Å². The Kier molecular flexibility index (Phi) is 3.48. The lowest BCUT2D eigenvalue weighted by Crippen LogP contribution is -2.17. The lowest BCUT2D eigenvalue weighted by molar-refractivity contribution is 0.439. The van der Waals surface area contributed by atoms with Gasteiger partial charge in [-0.3, -0.25) is 0 Å². The number of rotatable bonds is 3. The van der Waals surface area contributed by atoms with Crippen LogP contribution in [0.5, 0.6) is 0 Å². The molecule has 1 aliphatic carbocycles. The molecule has 0 spiro atoms. The van der Waals surface area contributed by atoms with Crippen LogP contribution in [0.25, 0.3) is 0 Å². The van der Waals surface area contributed by atoms with Gasteiger partial charge in [0.1, 0.15) is 11.9 Å². The third-order valence-corrected chi connectivity index (χ3v) is 3.62. The maximum atomic E-state index is 8.72. The summed E-state index contributed by atoms with van der Waals surface area (Å²) in [6.07, 6.45) is 5.48. The summed E-state index contributed by atoms with van der Waals surface area (Å²) in [5.41, 5.74) is 6.89. The predicted molar refractivity (Wildman–Crippen MR) is 68.4 cm³/mol. The van der Waals surface area contributed by atoms with E-state index in [-0.39, 0.29) is 0 Å². The zero-order valence-electron chi connectivity index (χ0n) is 10.1. The second-order valence-electron chi connectivity index (χ2n) is 4.82. The topological polar surface area (TPSA) is 74.7 Å². The van der Waals surface area contributed by atoms with Gasteiger partial charge < -0.3 is 11.1 Å². The molecule has 1 fully saturated rings. The summed E-state index contributed by atoms with van der Waals surface area (Å²) in [6.45, 7) is 3.22. The number of aromatic nitrogens is 1. The zero-order valence-corrected chi connectivity index (χ0v) is 10.1. The van der Waals surface area contributed by atoms with Crippen LogP contribution in [0.15, 0.2) is 12.3 Å². The van der Waals surface area contributed by atoms with Crippen molar-refractivity contribution in [2.24, 2.45) is 11.8 Å². The van der Waals surface area contributed by atoms with Crippen LogP contribution in [-0.2, 0) is 0 Å². The van der Waals surface area contributed by atoms with E-state index in [1.165, 1.54) is 19.3 Å². The number of hydrogen-bond acceptors (Lipinski definition) is 4. The van der Waals surface area contributed by atoms with Gasteiger partial charge in [-0.15, -0.1) is 0 Å². The first-order valence-corrected chi connectivity index (χ1v) is 6.10. The largest absolute Gasteiger partial charge is 0.396 e. The van der Waals surface area contributed by atoms with E-state index >= 15 is 0 Å². The van der Waals surface area contributed by atoms with Crippen molar-refractivity contribution >= 4 is 11.5 Å². The monoisotopic (exact) mass is 230 g/mol. The van der Waals surface area contributed by atoms with Crippen molar-refractivity contribution in [2.75, 3.05) is 17.6 Å². The smallest absolute Gasteiger partial charge is 0.149 e. The predicted octanol–water partition coefficient (Wildman–Crippen LogP) is 2.38. The molecule has 2 unspecified atom stereocenters. The highest BCUT2D eigenvalue weighted by atomic mass is 15.0. The Morgan fingerprint density at radius 2 is 2.41 bits per heavy atom. The zero-order chi connectivity index (χ0) is 12.3. The maximum Gasteiger partial charge on any atom is 0.149 e. The van der Waals surface area contributed by atoms with Gasteiger partial charge in [0.25, 0.3) is 0 Å². The van der Waals surface area contributed by atoms with E-state index in [2.05, 4.69) is 17.2 Å². The molecule has 2 atom stereocenters. The Bertz CT molecular complexity index is 436. The highest BCUT2D eigenvalue weighted by Crippen LogP contribution is 2.31. The molecule has 1 aromatic rings. The van der Waals surface area contributed by atoms with E-state index in [0.29, 0.717) is 23.0 Å². The van der Waals surface area contributed by atoms with Crippen LogP contribution in [0, 0.1) is 23.2 Å². The molecule has 17 heavy (non-hydrogen) atoms. The molecule has 0 bridgehead atoms. The average molecular weight is 230 g/mol. The number of nitrogens with zero attached hydrogens (tertiary/aromatic N) is 2. The third-order valence-electron chi connectivity index (χ3n) is 3.62. The van der Waals surface area contributed by atoms with Crippen molar-refractivity contribution in [1.82, 2.24) is 4.98 Å². The summed E-state index contributed by atoms with van der Waals surface area (Å²) in [6, 6.07) is 3.69. The summed E-state index contributed by atoms with van der Waals surface area (Å²) >= 11 is 0. The van der Waals surface area contributed by atoms with Crippen LogP contribution < -0.4 is 11.1 Å². The number of nitriles is 1. The molecular formula is C13H18N4. The molecule has 90 valence electrons. The van der Waals surface area contributed by atoms with E-state index in [1.54, 1.807) is 12.3 Å². The fourth-order valence-electron chi connectivity index (χ4n) is 2.44. The Labute approximate surface area is 102 Å². The number of nitrogens with one attached hydrogen (secondary N) is 1. The lowest BCUT2D eigenvalue weighted by Gasteiger charge is -2.17. The van der Waals surface area contributed by atoms with E-state index in [1.807, 2.05) is 6.07 Å². The molecule has 0 saturated heterocycles. The quantitative estimate of drug-likeness (QED) is 0.836. The second-order valence-corrected chi connectivity index (χ2v) is 4.82. The molecule has 0 aromatic carbocycles. The van der Waals surface area contributed by atoms with Gasteiger partial charge in [0.05, 0.1) is 11.3 Å². The standard InChI is InChI=1S/C13H18N4/c1-9-3-2-4-11(9)8-17-13-12(15)5-10(6-14)7-16-13/h5,7,9,11H,2-4,8,15H2,1H3,(H,16,17). The van der Waals surface area contributed by atoms with Crippen LogP contribution in [0.1, 0.15) is 31.7 Å². The van der Waals surface area contributed by atoms with Crippen molar-refractivity contribution < 1.29 is 0 Å². The molecule has 1 aromatic heterocycles. The van der Waals surface area contributed by atoms with Crippen LogP contribution in [0.2, 0.25) is 0 Å².